The minimum Gasteiger partial charge on any atom is -0.403 e. The molecule has 2 aromatic rings. The van der Waals surface area contributed by atoms with Crippen LogP contribution in [0.1, 0.15) is 52.2 Å². The highest BCUT2D eigenvalue weighted by atomic mass is 32.1. The van der Waals surface area contributed by atoms with Gasteiger partial charge in [-0.2, -0.15) is 0 Å². The number of aromatic nitrogens is 1. The third-order valence-electron chi connectivity index (χ3n) is 5.21. The second kappa shape index (κ2) is 8.83. The molecular weight excluding hydrogens is 401 g/mol. The Morgan fingerprint density at radius 2 is 1.97 bits per heavy atom. The van der Waals surface area contributed by atoms with Crippen LogP contribution < -0.4 is 4.74 Å². The number of thiazole rings is 1. The summed E-state index contributed by atoms with van der Waals surface area (Å²) in [4.78, 5) is 8.94. The molecule has 1 aromatic heterocycles. The fourth-order valence-electron chi connectivity index (χ4n) is 2.85. The topological polar surface area (TPSA) is 43.7 Å². The van der Waals surface area contributed by atoms with Gasteiger partial charge in [-0.05, 0) is 51.7 Å². The fraction of sp³-hybridized carbons (Fsp3) is 0.524. The summed E-state index contributed by atoms with van der Waals surface area (Å²) in [6.45, 7) is 10.9. The second-order valence-corrected chi connectivity index (χ2v) is 8.19. The van der Waals surface area contributed by atoms with Gasteiger partial charge in [-0.3, -0.25) is 4.99 Å². The molecule has 0 radical (unpaired) electrons. The molecule has 2 rings (SSSR count). The van der Waals surface area contributed by atoms with E-state index in [1.54, 1.807) is 32.3 Å². The van der Waals surface area contributed by atoms with Crippen molar-refractivity contribution in [3.8, 4) is 17.0 Å². The third-order valence-corrected chi connectivity index (χ3v) is 5.79. The second-order valence-electron chi connectivity index (χ2n) is 7.47. The van der Waals surface area contributed by atoms with Gasteiger partial charge in [0.05, 0.1) is 16.8 Å². The molecule has 0 bridgehead atoms. The van der Waals surface area contributed by atoms with Crippen LogP contribution in [0.4, 0.5) is 18.9 Å². The van der Waals surface area contributed by atoms with E-state index in [9.17, 15) is 13.2 Å². The molecule has 0 saturated heterocycles. The van der Waals surface area contributed by atoms with Crippen molar-refractivity contribution in [2.24, 2.45) is 10.9 Å². The Kier molecular flexibility index (Phi) is 7.11. The zero-order valence-corrected chi connectivity index (χ0v) is 18.6. The van der Waals surface area contributed by atoms with Gasteiger partial charge >= 0.3 is 6.36 Å². The lowest BCUT2D eigenvalue weighted by molar-refractivity contribution is -0.275. The van der Waals surface area contributed by atoms with E-state index in [4.69, 9.17) is 4.74 Å². The largest absolute Gasteiger partial charge is 0.573 e. The Labute approximate surface area is 173 Å². The van der Waals surface area contributed by atoms with Gasteiger partial charge in [-0.1, -0.05) is 13.8 Å². The molecule has 0 fully saturated rings. The number of rotatable bonds is 7. The summed E-state index contributed by atoms with van der Waals surface area (Å²) in [6.07, 6.45) is -4.03. The first-order chi connectivity index (χ1) is 13.4. The van der Waals surface area contributed by atoms with Crippen molar-refractivity contribution in [1.82, 2.24) is 4.98 Å². The van der Waals surface area contributed by atoms with E-state index in [-0.39, 0.29) is 22.9 Å². The molecule has 160 valence electrons. The highest BCUT2D eigenvalue weighted by Crippen LogP contribution is 2.47. The van der Waals surface area contributed by atoms with Crippen molar-refractivity contribution in [3.63, 3.8) is 0 Å². The number of alkyl halides is 3. The van der Waals surface area contributed by atoms with Crippen molar-refractivity contribution < 1.29 is 22.6 Å². The van der Waals surface area contributed by atoms with Gasteiger partial charge in [0, 0.05) is 29.3 Å². The van der Waals surface area contributed by atoms with Crippen molar-refractivity contribution in [2.45, 2.75) is 59.9 Å². The number of nitrogens with zero attached hydrogens (tertiary/aromatic N) is 2. The van der Waals surface area contributed by atoms with E-state index in [0.717, 1.165) is 12.1 Å². The maximum atomic E-state index is 13.3. The number of hydrogen-bond acceptors (Lipinski definition) is 5. The SMILES string of the molecule is CCC(C)C(C)=Nc1c(C)c(-c2cscn2)cc(C(C)(C)OC)c1OC(F)(F)F. The maximum absolute atomic E-state index is 13.3. The molecule has 0 aliphatic heterocycles. The monoisotopic (exact) mass is 428 g/mol. The van der Waals surface area contributed by atoms with Gasteiger partial charge < -0.3 is 9.47 Å². The van der Waals surface area contributed by atoms with Gasteiger partial charge in [0.2, 0.25) is 0 Å². The minimum atomic E-state index is -4.86. The van der Waals surface area contributed by atoms with Crippen molar-refractivity contribution in [1.29, 1.82) is 0 Å². The Hall–Kier alpha value is -1.93. The van der Waals surface area contributed by atoms with E-state index in [0.29, 0.717) is 16.8 Å². The number of methoxy groups -OCH3 is 1. The molecule has 4 nitrogen and oxygen atoms in total. The Morgan fingerprint density at radius 1 is 1.31 bits per heavy atom. The van der Waals surface area contributed by atoms with Gasteiger partial charge in [0.15, 0.2) is 5.75 Å². The number of ether oxygens (including phenoxy) is 2. The van der Waals surface area contributed by atoms with Crippen LogP contribution in [-0.2, 0) is 10.3 Å². The number of aliphatic imine (C=N–C) groups is 1. The summed E-state index contributed by atoms with van der Waals surface area (Å²) in [7, 11) is 1.45. The summed E-state index contributed by atoms with van der Waals surface area (Å²) >= 11 is 1.42. The van der Waals surface area contributed by atoms with Crippen LogP contribution in [0.2, 0.25) is 0 Å². The van der Waals surface area contributed by atoms with Crippen LogP contribution in [0.15, 0.2) is 21.9 Å². The van der Waals surface area contributed by atoms with Crippen LogP contribution in [0.5, 0.6) is 5.75 Å². The zero-order chi connectivity index (χ0) is 22.0. The van der Waals surface area contributed by atoms with Crippen molar-refractivity contribution in [2.75, 3.05) is 7.11 Å². The first-order valence-corrected chi connectivity index (χ1v) is 10.3. The zero-order valence-electron chi connectivity index (χ0n) is 17.8. The van der Waals surface area contributed by atoms with E-state index < -0.39 is 12.0 Å². The van der Waals surface area contributed by atoms with Crippen molar-refractivity contribution >= 4 is 22.7 Å². The number of halogens is 3. The van der Waals surface area contributed by atoms with Crippen LogP contribution >= 0.6 is 11.3 Å². The predicted octanol–water partition coefficient (Wildman–Crippen LogP) is 7.04. The molecule has 0 amide bonds. The van der Waals surface area contributed by atoms with E-state index >= 15 is 0 Å². The average molecular weight is 429 g/mol. The lowest BCUT2D eigenvalue weighted by atomic mass is 9.90. The molecule has 0 aliphatic carbocycles. The van der Waals surface area contributed by atoms with Gasteiger partial charge in [-0.15, -0.1) is 24.5 Å². The molecule has 1 heterocycles. The highest BCUT2D eigenvalue weighted by molar-refractivity contribution is 7.07. The molecule has 8 heteroatoms. The maximum Gasteiger partial charge on any atom is 0.573 e. The summed E-state index contributed by atoms with van der Waals surface area (Å²) in [5.74, 6) is -0.210. The Balaban J connectivity index is 2.91. The van der Waals surface area contributed by atoms with Gasteiger partial charge in [-0.25, -0.2) is 4.98 Å². The van der Waals surface area contributed by atoms with Crippen LogP contribution in [0, 0.1) is 12.8 Å². The van der Waals surface area contributed by atoms with Crippen LogP contribution in [0.25, 0.3) is 11.3 Å². The lowest BCUT2D eigenvalue weighted by Crippen LogP contribution is -2.25. The van der Waals surface area contributed by atoms with E-state index in [1.165, 1.54) is 18.4 Å². The van der Waals surface area contributed by atoms with E-state index in [2.05, 4.69) is 14.7 Å². The quantitative estimate of drug-likeness (QED) is 0.444. The smallest absolute Gasteiger partial charge is 0.403 e. The molecule has 29 heavy (non-hydrogen) atoms. The Bertz CT molecular complexity index is 875. The van der Waals surface area contributed by atoms with Crippen LogP contribution in [-0.4, -0.2) is 24.2 Å². The number of benzene rings is 1. The molecular formula is C21H27F3N2O2S. The lowest BCUT2D eigenvalue weighted by Gasteiger charge is -2.29. The molecule has 1 atom stereocenters. The molecule has 0 saturated carbocycles. The standard InChI is InChI=1S/C21H27F3N2O2S/c1-8-12(2)14(4)26-18-13(3)15(17-10-29-11-25-17)9-16(20(5,6)27-7)19(18)28-21(22,23)24/h9-12H,8H2,1-7H3. The average Bonchev–Trinajstić information content (AvgIpc) is 3.16. The first-order valence-electron chi connectivity index (χ1n) is 9.34. The minimum absolute atomic E-state index is 0.120. The normalized spacial score (nSPS) is 14.2. The molecule has 0 spiro atoms. The predicted molar refractivity (Wildman–Crippen MR) is 111 cm³/mol. The van der Waals surface area contributed by atoms with Gasteiger partial charge in [0.25, 0.3) is 0 Å². The molecule has 0 N–H and O–H groups in total. The fourth-order valence-corrected chi connectivity index (χ4v) is 3.40. The molecule has 0 aliphatic rings. The summed E-state index contributed by atoms with van der Waals surface area (Å²) in [5, 5.41) is 1.85. The third kappa shape index (κ3) is 5.36. The summed E-state index contributed by atoms with van der Waals surface area (Å²) < 4.78 is 50.0. The van der Waals surface area contributed by atoms with Crippen molar-refractivity contribution in [3.05, 3.63) is 28.1 Å². The summed E-state index contributed by atoms with van der Waals surface area (Å²) in [6, 6.07) is 1.66. The number of hydrogen-bond donors (Lipinski definition) is 0. The first kappa shape index (κ1) is 23.3. The van der Waals surface area contributed by atoms with E-state index in [1.807, 2.05) is 26.2 Å². The van der Waals surface area contributed by atoms with Gasteiger partial charge in [0.1, 0.15) is 5.69 Å². The summed E-state index contributed by atoms with van der Waals surface area (Å²) in [5.41, 5.74) is 3.77. The molecule has 1 unspecified atom stereocenters. The van der Waals surface area contributed by atoms with Crippen LogP contribution in [0.3, 0.4) is 0 Å². The molecule has 1 aromatic carbocycles. The highest BCUT2D eigenvalue weighted by Gasteiger charge is 2.37. The Morgan fingerprint density at radius 3 is 2.45 bits per heavy atom.